The highest BCUT2D eigenvalue weighted by atomic mass is 35.5. The van der Waals surface area contributed by atoms with Crippen LogP contribution in [0.1, 0.15) is 17.4 Å². The molecule has 0 spiro atoms. The van der Waals surface area contributed by atoms with Crippen molar-refractivity contribution in [3.05, 3.63) is 40.5 Å². The zero-order valence-corrected chi connectivity index (χ0v) is 10.9. The van der Waals surface area contributed by atoms with Gasteiger partial charge < -0.3 is 9.47 Å². The first-order valence-corrected chi connectivity index (χ1v) is 6.38. The van der Waals surface area contributed by atoms with Crippen LogP contribution < -0.4 is 0 Å². The van der Waals surface area contributed by atoms with Crippen molar-refractivity contribution in [2.45, 2.75) is 13.0 Å². The lowest BCUT2D eigenvalue weighted by molar-refractivity contribution is -0.0896. The van der Waals surface area contributed by atoms with Crippen molar-refractivity contribution < 1.29 is 9.47 Å². The van der Waals surface area contributed by atoms with E-state index in [9.17, 15) is 0 Å². The van der Waals surface area contributed by atoms with E-state index < -0.39 is 0 Å². The monoisotopic (exact) mass is 263 g/mol. The highest BCUT2D eigenvalue weighted by molar-refractivity contribution is 6.31. The van der Waals surface area contributed by atoms with Gasteiger partial charge in [0.2, 0.25) is 0 Å². The number of nitrogens with zero attached hydrogens (tertiary/aromatic N) is 1. The minimum Gasteiger partial charge on any atom is -0.376 e. The van der Waals surface area contributed by atoms with Crippen LogP contribution in [-0.2, 0) is 9.47 Å². The molecule has 1 atom stereocenters. The number of aromatic nitrogens is 1. The summed E-state index contributed by atoms with van der Waals surface area (Å²) < 4.78 is 11.2. The first kappa shape index (κ1) is 11.9. The molecule has 3 rings (SSSR count). The van der Waals surface area contributed by atoms with E-state index in [0.717, 1.165) is 22.2 Å². The van der Waals surface area contributed by atoms with Gasteiger partial charge in [0, 0.05) is 16.1 Å². The minimum atomic E-state index is -0.0265. The fourth-order valence-electron chi connectivity index (χ4n) is 2.30. The Bertz CT molecular complexity index is 579. The molecule has 1 aromatic heterocycles. The van der Waals surface area contributed by atoms with E-state index in [0.29, 0.717) is 24.8 Å². The van der Waals surface area contributed by atoms with E-state index >= 15 is 0 Å². The highest BCUT2D eigenvalue weighted by Gasteiger charge is 2.19. The van der Waals surface area contributed by atoms with Crippen molar-refractivity contribution in [2.75, 3.05) is 19.8 Å². The number of hydrogen-bond acceptors (Lipinski definition) is 3. The maximum absolute atomic E-state index is 6.07. The molecule has 4 heteroatoms. The van der Waals surface area contributed by atoms with Gasteiger partial charge in [-0.1, -0.05) is 11.6 Å². The van der Waals surface area contributed by atoms with Crippen molar-refractivity contribution >= 4 is 22.5 Å². The summed E-state index contributed by atoms with van der Waals surface area (Å²) in [4.78, 5) is 4.52. The molecule has 1 aromatic carbocycles. The number of benzene rings is 1. The number of ether oxygens (including phenoxy) is 2. The predicted molar refractivity (Wildman–Crippen MR) is 71.0 cm³/mol. The molecular weight excluding hydrogens is 250 g/mol. The zero-order chi connectivity index (χ0) is 12.5. The molecule has 3 nitrogen and oxygen atoms in total. The van der Waals surface area contributed by atoms with Crippen LogP contribution in [0, 0.1) is 6.92 Å². The second-order valence-corrected chi connectivity index (χ2v) is 4.89. The van der Waals surface area contributed by atoms with Crippen molar-refractivity contribution in [2.24, 2.45) is 0 Å². The van der Waals surface area contributed by atoms with E-state index in [2.05, 4.69) is 11.1 Å². The molecule has 0 radical (unpaired) electrons. The van der Waals surface area contributed by atoms with Gasteiger partial charge in [0.05, 0.1) is 25.3 Å². The fourth-order valence-corrected chi connectivity index (χ4v) is 2.47. The summed E-state index contributed by atoms with van der Waals surface area (Å²) in [6.45, 7) is 3.87. The van der Waals surface area contributed by atoms with Crippen molar-refractivity contribution in [3.8, 4) is 0 Å². The summed E-state index contributed by atoms with van der Waals surface area (Å²) in [5.74, 6) is 0. The molecule has 0 saturated carbocycles. The quantitative estimate of drug-likeness (QED) is 0.791. The molecule has 18 heavy (non-hydrogen) atoms. The number of fused-ring (bicyclic) bond motifs is 1. The first-order valence-electron chi connectivity index (χ1n) is 6.00. The van der Waals surface area contributed by atoms with Gasteiger partial charge >= 0.3 is 0 Å². The Hall–Kier alpha value is -1.16. The van der Waals surface area contributed by atoms with Crippen LogP contribution in [0.4, 0.5) is 0 Å². The van der Waals surface area contributed by atoms with Gasteiger partial charge in [0.15, 0.2) is 0 Å². The van der Waals surface area contributed by atoms with Crippen LogP contribution in [-0.4, -0.2) is 24.8 Å². The van der Waals surface area contributed by atoms with Crippen molar-refractivity contribution in [3.63, 3.8) is 0 Å². The van der Waals surface area contributed by atoms with E-state index in [1.807, 2.05) is 25.1 Å². The molecule has 0 bridgehead atoms. The van der Waals surface area contributed by atoms with Gasteiger partial charge in [-0.05, 0) is 36.8 Å². The highest BCUT2D eigenvalue weighted by Crippen LogP contribution is 2.30. The van der Waals surface area contributed by atoms with Crippen LogP contribution in [0.5, 0.6) is 0 Å². The molecule has 2 heterocycles. The van der Waals surface area contributed by atoms with E-state index in [1.54, 1.807) is 0 Å². The van der Waals surface area contributed by atoms with E-state index in [1.165, 1.54) is 0 Å². The lowest BCUT2D eigenvalue weighted by atomic mass is 10.0. The summed E-state index contributed by atoms with van der Waals surface area (Å²) in [6, 6.07) is 7.80. The number of rotatable bonds is 1. The number of aryl methyl sites for hydroxylation is 1. The normalized spacial score (nSPS) is 20.2. The van der Waals surface area contributed by atoms with Crippen LogP contribution in [0.25, 0.3) is 10.9 Å². The number of pyridine rings is 1. The van der Waals surface area contributed by atoms with Crippen molar-refractivity contribution in [1.82, 2.24) is 4.98 Å². The van der Waals surface area contributed by atoms with Crippen LogP contribution in [0.15, 0.2) is 24.3 Å². The molecule has 1 unspecified atom stereocenters. The van der Waals surface area contributed by atoms with Gasteiger partial charge in [0.1, 0.15) is 6.10 Å². The van der Waals surface area contributed by atoms with Gasteiger partial charge in [-0.3, -0.25) is 4.98 Å². The fraction of sp³-hybridized carbons (Fsp3) is 0.357. The third kappa shape index (κ3) is 2.21. The Morgan fingerprint density at radius 3 is 2.94 bits per heavy atom. The average molecular weight is 264 g/mol. The van der Waals surface area contributed by atoms with Gasteiger partial charge in [-0.15, -0.1) is 0 Å². The van der Waals surface area contributed by atoms with E-state index in [-0.39, 0.29) is 6.10 Å². The Labute approximate surface area is 111 Å². The molecule has 1 fully saturated rings. The SMILES string of the molecule is Cc1cc(C2COCCO2)c2cc(Cl)ccc2n1. The lowest BCUT2D eigenvalue weighted by Crippen LogP contribution is -2.22. The van der Waals surface area contributed by atoms with Gasteiger partial charge in [-0.2, -0.15) is 0 Å². The molecule has 0 N–H and O–H groups in total. The number of halogens is 1. The molecule has 2 aromatic rings. The summed E-state index contributed by atoms with van der Waals surface area (Å²) in [6.07, 6.45) is -0.0265. The summed E-state index contributed by atoms with van der Waals surface area (Å²) >= 11 is 6.07. The predicted octanol–water partition coefficient (Wildman–Crippen LogP) is 3.28. The van der Waals surface area contributed by atoms with Crippen LogP contribution in [0.3, 0.4) is 0 Å². The first-order chi connectivity index (χ1) is 8.74. The third-order valence-electron chi connectivity index (χ3n) is 3.09. The Morgan fingerprint density at radius 1 is 1.28 bits per heavy atom. The summed E-state index contributed by atoms with van der Waals surface area (Å²) in [5, 5.41) is 1.76. The number of hydrogen-bond donors (Lipinski definition) is 0. The maximum atomic E-state index is 6.07. The van der Waals surface area contributed by atoms with E-state index in [4.69, 9.17) is 21.1 Å². The smallest absolute Gasteiger partial charge is 0.107 e. The standard InChI is InChI=1S/C14H14ClNO2/c1-9-6-12(14-8-17-4-5-18-14)11-7-10(15)2-3-13(11)16-9/h2-3,6-7,14H,4-5,8H2,1H3. The second kappa shape index (κ2) is 4.84. The van der Waals surface area contributed by atoms with Gasteiger partial charge in [-0.25, -0.2) is 0 Å². The zero-order valence-electron chi connectivity index (χ0n) is 10.1. The summed E-state index contributed by atoms with van der Waals surface area (Å²) in [5.41, 5.74) is 3.04. The molecular formula is C14H14ClNO2. The lowest BCUT2D eigenvalue weighted by Gasteiger charge is -2.24. The molecule has 1 aliphatic heterocycles. The average Bonchev–Trinajstić information content (AvgIpc) is 2.39. The Kier molecular flexibility index (Phi) is 3.20. The second-order valence-electron chi connectivity index (χ2n) is 4.45. The molecule has 1 aliphatic rings. The van der Waals surface area contributed by atoms with Crippen LogP contribution >= 0.6 is 11.6 Å². The van der Waals surface area contributed by atoms with Gasteiger partial charge in [0.25, 0.3) is 0 Å². The molecule has 0 amide bonds. The molecule has 94 valence electrons. The maximum Gasteiger partial charge on any atom is 0.107 e. The van der Waals surface area contributed by atoms with Crippen molar-refractivity contribution in [1.29, 1.82) is 0 Å². The summed E-state index contributed by atoms with van der Waals surface area (Å²) in [7, 11) is 0. The molecule has 0 aliphatic carbocycles. The van der Waals surface area contributed by atoms with Crippen LogP contribution in [0.2, 0.25) is 5.02 Å². The topological polar surface area (TPSA) is 31.4 Å². The third-order valence-corrected chi connectivity index (χ3v) is 3.33. The molecule has 1 saturated heterocycles. The minimum absolute atomic E-state index is 0.0265. The largest absolute Gasteiger partial charge is 0.376 e. The Balaban J connectivity index is 2.16. The Morgan fingerprint density at radius 2 is 2.17 bits per heavy atom.